The topological polar surface area (TPSA) is 48.7 Å². The summed E-state index contributed by atoms with van der Waals surface area (Å²) in [7, 11) is 0. The van der Waals surface area contributed by atoms with Gasteiger partial charge in [-0.3, -0.25) is 0 Å². The minimum atomic E-state index is 0.532. The maximum atomic E-state index is 9.08. The quantitative estimate of drug-likeness (QED) is 0.843. The monoisotopic (exact) mass is 215 g/mol. The van der Waals surface area contributed by atoms with Crippen LogP contribution in [0.1, 0.15) is 49.4 Å². The van der Waals surface area contributed by atoms with Crippen molar-refractivity contribution >= 4 is 5.82 Å². The van der Waals surface area contributed by atoms with Crippen molar-refractivity contribution in [3.8, 4) is 6.07 Å². The molecular formula is C13H17N3. The molecule has 0 aliphatic heterocycles. The predicted molar refractivity (Wildman–Crippen MR) is 64.5 cm³/mol. The molecular weight excluding hydrogens is 198 g/mol. The lowest BCUT2D eigenvalue weighted by molar-refractivity contribution is 0.731. The number of pyridine rings is 1. The van der Waals surface area contributed by atoms with Crippen molar-refractivity contribution in [3.05, 3.63) is 22.9 Å². The molecule has 1 atom stereocenters. The van der Waals surface area contributed by atoms with Crippen LogP contribution in [0.15, 0.2) is 6.07 Å². The fourth-order valence-corrected chi connectivity index (χ4v) is 2.17. The number of aryl methyl sites for hydroxylation is 1. The van der Waals surface area contributed by atoms with Gasteiger partial charge in [0.05, 0.1) is 5.56 Å². The molecule has 1 aromatic rings. The minimum Gasteiger partial charge on any atom is -0.369 e. The van der Waals surface area contributed by atoms with E-state index in [-0.39, 0.29) is 0 Å². The highest BCUT2D eigenvalue weighted by molar-refractivity contribution is 5.55. The zero-order valence-electron chi connectivity index (χ0n) is 9.88. The number of fused-ring (bicyclic) bond motifs is 1. The van der Waals surface area contributed by atoms with Gasteiger partial charge in [-0.1, -0.05) is 13.8 Å². The molecule has 0 amide bonds. The molecule has 0 radical (unpaired) electrons. The number of anilines is 1. The van der Waals surface area contributed by atoms with Gasteiger partial charge in [0, 0.05) is 12.2 Å². The van der Waals surface area contributed by atoms with Crippen LogP contribution in [0.25, 0.3) is 0 Å². The van der Waals surface area contributed by atoms with Crippen LogP contribution >= 0.6 is 0 Å². The molecule has 84 valence electrons. The largest absolute Gasteiger partial charge is 0.369 e. The number of rotatable bonds is 3. The summed E-state index contributed by atoms with van der Waals surface area (Å²) in [6.45, 7) is 5.18. The molecule has 1 aliphatic carbocycles. The average Bonchev–Trinajstić information content (AvgIpc) is 2.66. The van der Waals surface area contributed by atoms with Gasteiger partial charge in [0.1, 0.15) is 11.9 Å². The molecule has 3 heteroatoms. The third kappa shape index (κ3) is 1.88. The minimum absolute atomic E-state index is 0.532. The lowest BCUT2D eigenvalue weighted by Crippen LogP contribution is -2.06. The van der Waals surface area contributed by atoms with Crippen LogP contribution in [0.5, 0.6) is 0 Å². The van der Waals surface area contributed by atoms with Crippen LogP contribution in [-0.4, -0.2) is 11.5 Å². The van der Waals surface area contributed by atoms with E-state index in [0.29, 0.717) is 11.5 Å². The fraction of sp³-hybridized carbons (Fsp3) is 0.538. The van der Waals surface area contributed by atoms with Gasteiger partial charge in [-0.05, 0) is 36.8 Å². The number of hydrogen-bond donors (Lipinski definition) is 1. The van der Waals surface area contributed by atoms with E-state index in [1.165, 1.54) is 11.3 Å². The van der Waals surface area contributed by atoms with E-state index < -0.39 is 0 Å². The van der Waals surface area contributed by atoms with Crippen LogP contribution in [0.4, 0.5) is 5.82 Å². The fourth-order valence-electron chi connectivity index (χ4n) is 2.17. The van der Waals surface area contributed by atoms with Crippen LogP contribution in [0.2, 0.25) is 0 Å². The van der Waals surface area contributed by atoms with Crippen LogP contribution in [0, 0.1) is 11.3 Å². The first-order chi connectivity index (χ1) is 7.76. The molecule has 0 saturated heterocycles. The summed E-state index contributed by atoms with van der Waals surface area (Å²) in [5, 5.41) is 12.3. The van der Waals surface area contributed by atoms with Crippen LogP contribution < -0.4 is 5.32 Å². The second-order valence-corrected chi connectivity index (χ2v) is 4.41. The number of nitrogens with one attached hydrogen (secondary N) is 1. The first-order valence-corrected chi connectivity index (χ1v) is 5.94. The van der Waals surface area contributed by atoms with Gasteiger partial charge in [-0.2, -0.15) is 5.26 Å². The van der Waals surface area contributed by atoms with E-state index >= 15 is 0 Å². The molecule has 1 aliphatic rings. The zero-order valence-corrected chi connectivity index (χ0v) is 9.88. The SMILES string of the molecule is CCCNc1nc2c(cc1C#N)CCC2C. The molecule has 0 fully saturated rings. The Bertz CT molecular complexity index is 432. The van der Waals surface area contributed by atoms with Crippen molar-refractivity contribution < 1.29 is 0 Å². The maximum Gasteiger partial charge on any atom is 0.144 e. The molecule has 1 heterocycles. The highest BCUT2D eigenvalue weighted by Crippen LogP contribution is 2.33. The molecule has 1 unspecified atom stereocenters. The van der Waals surface area contributed by atoms with Gasteiger partial charge < -0.3 is 5.32 Å². The summed E-state index contributed by atoms with van der Waals surface area (Å²) >= 11 is 0. The summed E-state index contributed by atoms with van der Waals surface area (Å²) < 4.78 is 0. The molecule has 0 bridgehead atoms. The molecule has 0 saturated carbocycles. The average molecular weight is 215 g/mol. The van der Waals surface area contributed by atoms with Gasteiger partial charge in [0.25, 0.3) is 0 Å². The third-order valence-electron chi connectivity index (χ3n) is 3.11. The second-order valence-electron chi connectivity index (χ2n) is 4.41. The first kappa shape index (κ1) is 10.9. The van der Waals surface area contributed by atoms with Gasteiger partial charge in [0.2, 0.25) is 0 Å². The Kier molecular flexibility index (Phi) is 3.09. The molecule has 0 spiro atoms. The molecule has 16 heavy (non-hydrogen) atoms. The third-order valence-corrected chi connectivity index (χ3v) is 3.11. The standard InChI is InChI=1S/C13H17N3/c1-3-6-15-13-11(8-14)7-10-5-4-9(2)12(10)16-13/h7,9H,3-6H2,1-2H3,(H,15,16). The molecule has 3 nitrogen and oxygen atoms in total. The molecule has 1 aromatic heterocycles. The number of nitriles is 1. The number of aromatic nitrogens is 1. The van der Waals surface area contributed by atoms with Crippen molar-refractivity contribution in [2.24, 2.45) is 0 Å². The van der Waals surface area contributed by atoms with Crippen molar-refractivity contribution in [2.45, 2.75) is 39.0 Å². The molecule has 2 rings (SSSR count). The summed E-state index contributed by atoms with van der Waals surface area (Å²) in [4.78, 5) is 4.61. The molecule has 1 N–H and O–H groups in total. The van der Waals surface area contributed by atoms with Gasteiger partial charge in [-0.15, -0.1) is 0 Å². The Balaban J connectivity index is 2.37. The van der Waals surface area contributed by atoms with E-state index in [1.54, 1.807) is 0 Å². The Hall–Kier alpha value is -1.56. The highest BCUT2D eigenvalue weighted by atomic mass is 15.0. The maximum absolute atomic E-state index is 9.08. The van der Waals surface area contributed by atoms with E-state index in [2.05, 4.69) is 30.2 Å². The second kappa shape index (κ2) is 4.52. The van der Waals surface area contributed by atoms with Gasteiger partial charge in [0.15, 0.2) is 0 Å². The summed E-state index contributed by atoms with van der Waals surface area (Å²) in [5.74, 6) is 1.29. The Labute approximate surface area is 96.5 Å². The smallest absolute Gasteiger partial charge is 0.144 e. The Morgan fingerprint density at radius 2 is 2.44 bits per heavy atom. The Morgan fingerprint density at radius 1 is 1.62 bits per heavy atom. The van der Waals surface area contributed by atoms with Crippen molar-refractivity contribution in [3.63, 3.8) is 0 Å². The highest BCUT2D eigenvalue weighted by Gasteiger charge is 2.22. The van der Waals surface area contributed by atoms with Gasteiger partial charge in [-0.25, -0.2) is 4.98 Å². The Morgan fingerprint density at radius 3 is 3.12 bits per heavy atom. The number of hydrogen-bond acceptors (Lipinski definition) is 3. The van der Waals surface area contributed by atoms with Crippen molar-refractivity contribution in [1.82, 2.24) is 4.98 Å². The normalized spacial score (nSPS) is 17.9. The van der Waals surface area contributed by atoms with E-state index in [4.69, 9.17) is 5.26 Å². The number of nitrogens with zero attached hydrogens (tertiary/aromatic N) is 2. The van der Waals surface area contributed by atoms with E-state index in [9.17, 15) is 0 Å². The summed E-state index contributed by atoms with van der Waals surface area (Å²) in [5.41, 5.74) is 3.12. The summed E-state index contributed by atoms with van der Waals surface area (Å²) in [6, 6.07) is 4.23. The predicted octanol–water partition coefficient (Wildman–Crippen LogP) is 2.82. The van der Waals surface area contributed by atoms with Crippen molar-refractivity contribution in [2.75, 3.05) is 11.9 Å². The lowest BCUT2D eigenvalue weighted by Gasteiger charge is -2.10. The van der Waals surface area contributed by atoms with Crippen molar-refractivity contribution in [1.29, 1.82) is 5.26 Å². The first-order valence-electron chi connectivity index (χ1n) is 5.94. The van der Waals surface area contributed by atoms with E-state index in [1.807, 2.05) is 6.07 Å². The lowest BCUT2D eigenvalue weighted by atomic mass is 10.1. The van der Waals surface area contributed by atoms with Crippen LogP contribution in [-0.2, 0) is 6.42 Å². The zero-order chi connectivity index (χ0) is 11.5. The van der Waals surface area contributed by atoms with E-state index in [0.717, 1.165) is 31.6 Å². The van der Waals surface area contributed by atoms with Gasteiger partial charge >= 0.3 is 0 Å². The molecule has 0 aromatic carbocycles. The summed E-state index contributed by atoms with van der Waals surface area (Å²) in [6.07, 6.45) is 3.26. The van der Waals surface area contributed by atoms with Crippen LogP contribution in [0.3, 0.4) is 0 Å².